The molecule has 0 atom stereocenters. The molecule has 0 spiro atoms. The van der Waals surface area contributed by atoms with Gasteiger partial charge >= 0.3 is 6.03 Å². The highest BCUT2D eigenvalue weighted by Gasteiger charge is 2.14. The molecule has 0 unspecified atom stereocenters. The molecule has 1 aromatic rings. The third-order valence-corrected chi connectivity index (χ3v) is 4.15. The van der Waals surface area contributed by atoms with Gasteiger partial charge in [0.25, 0.3) is 0 Å². The average molecular weight is 290 g/mol. The van der Waals surface area contributed by atoms with Gasteiger partial charge < -0.3 is 15.4 Å². The predicted molar refractivity (Wildman–Crippen MR) is 84.7 cm³/mol. The normalized spacial score (nSPS) is 15.5. The van der Waals surface area contributed by atoms with Crippen molar-refractivity contribution in [2.75, 3.05) is 20.2 Å². The van der Waals surface area contributed by atoms with Gasteiger partial charge in [0.05, 0.1) is 7.11 Å². The first kappa shape index (κ1) is 15.7. The van der Waals surface area contributed by atoms with Crippen LogP contribution in [0.4, 0.5) is 4.79 Å². The predicted octanol–water partition coefficient (Wildman–Crippen LogP) is 3.12. The molecule has 0 bridgehead atoms. The minimum Gasteiger partial charge on any atom is -0.496 e. The van der Waals surface area contributed by atoms with Gasteiger partial charge in [-0.25, -0.2) is 4.79 Å². The molecule has 0 saturated heterocycles. The summed E-state index contributed by atoms with van der Waals surface area (Å²) >= 11 is 0. The molecule has 4 heteroatoms. The molecule has 0 radical (unpaired) electrons. The Hall–Kier alpha value is -1.71. The van der Waals surface area contributed by atoms with Crippen molar-refractivity contribution in [3.05, 3.63) is 29.8 Å². The molecule has 2 N–H and O–H groups in total. The summed E-state index contributed by atoms with van der Waals surface area (Å²) in [6.45, 7) is 1.43. The first-order valence-corrected chi connectivity index (χ1v) is 7.93. The monoisotopic (exact) mass is 290 g/mol. The largest absolute Gasteiger partial charge is 0.496 e. The first-order chi connectivity index (χ1) is 10.3. The third-order valence-electron chi connectivity index (χ3n) is 4.15. The molecule has 1 aliphatic carbocycles. The molecule has 1 fully saturated rings. The van der Waals surface area contributed by atoms with Gasteiger partial charge in [-0.15, -0.1) is 0 Å². The lowest BCUT2D eigenvalue weighted by Gasteiger charge is -2.21. The van der Waals surface area contributed by atoms with E-state index in [-0.39, 0.29) is 6.03 Å². The summed E-state index contributed by atoms with van der Waals surface area (Å²) in [6, 6.07) is 7.85. The number of methoxy groups -OCH3 is 1. The molecule has 21 heavy (non-hydrogen) atoms. The summed E-state index contributed by atoms with van der Waals surface area (Å²) in [5.41, 5.74) is 1.12. The zero-order valence-corrected chi connectivity index (χ0v) is 12.9. The van der Waals surface area contributed by atoms with Crippen LogP contribution in [0.25, 0.3) is 0 Å². The summed E-state index contributed by atoms with van der Waals surface area (Å²) in [7, 11) is 1.67. The second-order valence-corrected chi connectivity index (χ2v) is 5.70. The van der Waals surface area contributed by atoms with Gasteiger partial charge in [-0.05, 0) is 36.8 Å². The van der Waals surface area contributed by atoms with Gasteiger partial charge in [0.2, 0.25) is 0 Å². The quantitative estimate of drug-likeness (QED) is 0.845. The molecule has 1 aliphatic rings. The zero-order valence-electron chi connectivity index (χ0n) is 12.9. The maximum Gasteiger partial charge on any atom is 0.314 e. The van der Waals surface area contributed by atoms with E-state index in [0.29, 0.717) is 12.5 Å². The fourth-order valence-corrected chi connectivity index (χ4v) is 2.91. The van der Waals surface area contributed by atoms with Gasteiger partial charge in [0.1, 0.15) is 5.75 Å². The zero-order chi connectivity index (χ0) is 14.9. The van der Waals surface area contributed by atoms with Crippen LogP contribution in [-0.2, 0) is 6.42 Å². The van der Waals surface area contributed by atoms with Crippen molar-refractivity contribution in [3.63, 3.8) is 0 Å². The number of hydrogen-bond donors (Lipinski definition) is 2. The number of ether oxygens (including phenoxy) is 1. The second-order valence-electron chi connectivity index (χ2n) is 5.70. The van der Waals surface area contributed by atoms with E-state index < -0.39 is 0 Å². The molecule has 0 aliphatic heterocycles. The van der Waals surface area contributed by atoms with Crippen molar-refractivity contribution in [2.24, 2.45) is 5.92 Å². The Morgan fingerprint density at radius 1 is 1.19 bits per heavy atom. The number of rotatable bonds is 6. The lowest BCUT2D eigenvalue weighted by molar-refractivity contribution is 0.236. The summed E-state index contributed by atoms with van der Waals surface area (Å²) in [5, 5.41) is 5.90. The third kappa shape index (κ3) is 5.29. The average Bonchev–Trinajstić information content (AvgIpc) is 2.54. The highest BCUT2D eigenvalue weighted by molar-refractivity contribution is 5.73. The first-order valence-electron chi connectivity index (χ1n) is 7.93. The van der Waals surface area contributed by atoms with Crippen molar-refractivity contribution < 1.29 is 9.53 Å². The molecule has 0 heterocycles. The molecular weight excluding hydrogens is 264 g/mol. The number of carbonyl (C=O) groups excluding carboxylic acids is 1. The van der Waals surface area contributed by atoms with Crippen LogP contribution in [0.15, 0.2) is 24.3 Å². The summed E-state index contributed by atoms with van der Waals surface area (Å²) in [5.74, 6) is 1.54. The summed E-state index contributed by atoms with van der Waals surface area (Å²) in [4.78, 5) is 11.8. The van der Waals surface area contributed by atoms with E-state index in [1.807, 2.05) is 24.3 Å². The van der Waals surface area contributed by atoms with E-state index in [2.05, 4.69) is 10.6 Å². The minimum atomic E-state index is -0.0597. The number of nitrogens with one attached hydrogen (secondary N) is 2. The van der Waals surface area contributed by atoms with Crippen LogP contribution in [0.3, 0.4) is 0 Å². The second kappa shape index (κ2) is 8.55. The topological polar surface area (TPSA) is 50.4 Å². The maximum absolute atomic E-state index is 11.8. The van der Waals surface area contributed by atoms with E-state index in [0.717, 1.165) is 24.3 Å². The Balaban J connectivity index is 1.64. The highest BCUT2D eigenvalue weighted by Crippen LogP contribution is 2.22. The maximum atomic E-state index is 11.8. The highest BCUT2D eigenvalue weighted by atomic mass is 16.5. The van der Waals surface area contributed by atoms with E-state index in [9.17, 15) is 4.79 Å². The van der Waals surface area contributed by atoms with Crippen molar-refractivity contribution in [2.45, 2.75) is 38.5 Å². The molecule has 0 aromatic heterocycles. The Bertz CT molecular complexity index is 442. The van der Waals surface area contributed by atoms with Crippen molar-refractivity contribution in [3.8, 4) is 5.75 Å². The Morgan fingerprint density at radius 3 is 2.71 bits per heavy atom. The van der Waals surface area contributed by atoms with Gasteiger partial charge in [0.15, 0.2) is 0 Å². The van der Waals surface area contributed by atoms with Gasteiger partial charge in [-0.3, -0.25) is 0 Å². The fraction of sp³-hybridized carbons (Fsp3) is 0.588. The number of hydrogen-bond acceptors (Lipinski definition) is 2. The molecule has 1 saturated carbocycles. The molecule has 1 aromatic carbocycles. The molecule has 2 amide bonds. The van der Waals surface area contributed by atoms with Gasteiger partial charge in [-0.1, -0.05) is 37.5 Å². The van der Waals surface area contributed by atoms with Crippen LogP contribution in [-0.4, -0.2) is 26.2 Å². The Kier molecular flexibility index (Phi) is 6.38. The van der Waals surface area contributed by atoms with E-state index in [1.165, 1.54) is 32.1 Å². The number of urea groups is 1. The Labute approximate surface area is 127 Å². The van der Waals surface area contributed by atoms with Crippen LogP contribution in [0.2, 0.25) is 0 Å². The van der Waals surface area contributed by atoms with Crippen LogP contribution in [0, 0.1) is 5.92 Å². The van der Waals surface area contributed by atoms with E-state index in [4.69, 9.17) is 4.74 Å². The number of carbonyl (C=O) groups is 1. The number of benzene rings is 1. The van der Waals surface area contributed by atoms with Crippen molar-refractivity contribution in [1.82, 2.24) is 10.6 Å². The van der Waals surface area contributed by atoms with Crippen molar-refractivity contribution in [1.29, 1.82) is 0 Å². The van der Waals surface area contributed by atoms with Crippen molar-refractivity contribution >= 4 is 6.03 Å². The smallest absolute Gasteiger partial charge is 0.314 e. The summed E-state index contributed by atoms with van der Waals surface area (Å²) in [6.07, 6.45) is 7.25. The molecule has 116 valence electrons. The van der Waals surface area contributed by atoms with Crippen LogP contribution in [0.1, 0.15) is 37.7 Å². The minimum absolute atomic E-state index is 0.0597. The van der Waals surface area contributed by atoms with E-state index in [1.54, 1.807) is 7.11 Å². The van der Waals surface area contributed by atoms with Crippen LogP contribution < -0.4 is 15.4 Å². The standard InChI is InChI=1S/C17H26N2O2/c1-21-16-10-6-5-9-15(16)11-12-18-17(20)19-13-14-7-3-2-4-8-14/h5-6,9-10,14H,2-4,7-8,11-13H2,1H3,(H2,18,19,20). The summed E-state index contributed by atoms with van der Waals surface area (Å²) < 4.78 is 5.30. The molecular formula is C17H26N2O2. The SMILES string of the molecule is COc1ccccc1CCNC(=O)NCC1CCCCC1. The van der Waals surface area contributed by atoms with E-state index >= 15 is 0 Å². The molecule has 2 rings (SSSR count). The van der Waals surface area contributed by atoms with Crippen LogP contribution >= 0.6 is 0 Å². The number of amides is 2. The Morgan fingerprint density at radius 2 is 1.95 bits per heavy atom. The van der Waals surface area contributed by atoms with Gasteiger partial charge in [0, 0.05) is 13.1 Å². The number of para-hydroxylation sites is 1. The lowest BCUT2D eigenvalue weighted by Crippen LogP contribution is -2.39. The fourth-order valence-electron chi connectivity index (χ4n) is 2.91. The molecule has 4 nitrogen and oxygen atoms in total. The van der Waals surface area contributed by atoms with Gasteiger partial charge in [-0.2, -0.15) is 0 Å². The van der Waals surface area contributed by atoms with Crippen LogP contribution in [0.5, 0.6) is 5.75 Å². The lowest BCUT2D eigenvalue weighted by atomic mass is 9.89.